The van der Waals surface area contributed by atoms with E-state index in [9.17, 15) is 4.79 Å². The van der Waals surface area contributed by atoms with E-state index in [1.54, 1.807) is 7.05 Å². The number of amides is 1. The van der Waals surface area contributed by atoms with Gasteiger partial charge in [0.15, 0.2) is 0 Å². The number of nitrogens with zero attached hydrogens (tertiary/aromatic N) is 1. The third-order valence-corrected chi connectivity index (χ3v) is 2.77. The summed E-state index contributed by atoms with van der Waals surface area (Å²) in [6.45, 7) is 2.35. The fraction of sp³-hybridized carbons (Fsp3) is 0.900. The molecule has 4 heteroatoms. The highest BCUT2D eigenvalue weighted by Crippen LogP contribution is 2.19. The van der Waals surface area contributed by atoms with Crippen molar-refractivity contribution in [3.05, 3.63) is 0 Å². The molecule has 1 amide bonds. The van der Waals surface area contributed by atoms with Gasteiger partial charge in [0.05, 0.1) is 0 Å². The first-order chi connectivity index (χ1) is 6.72. The molecule has 1 unspecified atom stereocenters. The molecule has 1 saturated heterocycles. The highest BCUT2D eigenvalue weighted by atomic mass is 16.2. The summed E-state index contributed by atoms with van der Waals surface area (Å²) in [6, 6.07) is 0. The van der Waals surface area contributed by atoms with Gasteiger partial charge < -0.3 is 4.90 Å². The van der Waals surface area contributed by atoms with Crippen LogP contribution in [0.15, 0.2) is 0 Å². The van der Waals surface area contributed by atoms with Gasteiger partial charge in [-0.05, 0) is 38.8 Å². The Kier molecular flexibility index (Phi) is 4.90. The number of likely N-dealkylation sites (tertiary alicyclic amines) is 1. The number of nitrogens with one attached hydrogen (secondary N) is 2. The monoisotopic (exact) mass is 199 g/mol. The maximum Gasteiger partial charge on any atom is 0.234 e. The molecule has 0 spiro atoms. The van der Waals surface area contributed by atoms with E-state index in [4.69, 9.17) is 0 Å². The Hall–Kier alpha value is -0.610. The maximum atomic E-state index is 11.2. The summed E-state index contributed by atoms with van der Waals surface area (Å²) < 4.78 is 0. The fourth-order valence-electron chi connectivity index (χ4n) is 2.05. The summed E-state index contributed by atoms with van der Waals surface area (Å²) in [4.78, 5) is 13.5. The topological polar surface area (TPSA) is 44.4 Å². The van der Waals surface area contributed by atoms with E-state index in [2.05, 4.69) is 22.8 Å². The molecule has 4 nitrogen and oxygen atoms in total. The third kappa shape index (κ3) is 4.07. The van der Waals surface area contributed by atoms with Crippen LogP contribution in [0.25, 0.3) is 0 Å². The van der Waals surface area contributed by atoms with Gasteiger partial charge in [0.1, 0.15) is 0 Å². The molecule has 0 aliphatic carbocycles. The number of hydrazine groups is 1. The second-order valence-electron chi connectivity index (χ2n) is 4.11. The van der Waals surface area contributed by atoms with Crippen LogP contribution in [-0.2, 0) is 4.79 Å². The van der Waals surface area contributed by atoms with Gasteiger partial charge in [-0.15, -0.1) is 0 Å². The molecule has 0 aromatic carbocycles. The minimum atomic E-state index is 0.0979. The van der Waals surface area contributed by atoms with Crippen molar-refractivity contribution in [1.82, 2.24) is 15.8 Å². The van der Waals surface area contributed by atoms with E-state index in [1.807, 2.05) is 0 Å². The Morgan fingerprint density at radius 2 is 2.36 bits per heavy atom. The SMILES string of the molecule is CNNC(=O)CCC1CCCN(C)C1. The molecule has 1 rings (SSSR count). The van der Waals surface area contributed by atoms with Crippen molar-refractivity contribution < 1.29 is 4.79 Å². The lowest BCUT2D eigenvalue weighted by atomic mass is 9.94. The predicted molar refractivity (Wildman–Crippen MR) is 56.7 cm³/mol. The van der Waals surface area contributed by atoms with Crippen LogP contribution in [0.2, 0.25) is 0 Å². The van der Waals surface area contributed by atoms with E-state index in [0.29, 0.717) is 12.3 Å². The van der Waals surface area contributed by atoms with Gasteiger partial charge in [-0.2, -0.15) is 0 Å². The zero-order valence-corrected chi connectivity index (χ0v) is 9.18. The van der Waals surface area contributed by atoms with Crippen molar-refractivity contribution in [3.63, 3.8) is 0 Å². The maximum absolute atomic E-state index is 11.2. The molecule has 1 aliphatic rings. The minimum absolute atomic E-state index is 0.0979. The molecule has 1 atom stereocenters. The molecule has 14 heavy (non-hydrogen) atoms. The molecule has 82 valence electrons. The first kappa shape index (κ1) is 11.5. The van der Waals surface area contributed by atoms with Gasteiger partial charge in [-0.25, -0.2) is 5.43 Å². The van der Waals surface area contributed by atoms with E-state index in [-0.39, 0.29) is 5.91 Å². The predicted octanol–water partition coefficient (Wildman–Crippen LogP) is 0.359. The van der Waals surface area contributed by atoms with Crippen LogP contribution >= 0.6 is 0 Å². The third-order valence-electron chi connectivity index (χ3n) is 2.77. The lowest BCUT2D eigenvalue weighted by molar-refractivity contribution is -0.122. The van der Waals surface area contributed by atoms with Crippen LogP contribution in [0.3, 0.4) is 0 Å². The Labute approximate surface area is 86.0 Å². The summed E-state index contributed by atoms with van der Waals surface area (Å²) >= 11 is 0. The van der Waals surface area contributed by atoms with Crippen LogP contribution in [0, 0.1) is 5.92 Å². The van der Waals surface area contributed by atoms with E-state index < -0.39 is 0 Å². The molecule has 0 aromatic rings. The van der Waals surface area contributed by atoms with Crippen LogP contribution in [0.4, 0.5) is 0 Å². The summed E-state index contributed by atoms with van der Waals surface area (Å²) in [5, 5.41) is 0. The highest BCUT2D eigenvalue weighted by Gasteiger charge is 2.17. The van der Waals surface area contributed by atoms with Crippen LogP contribution < -0.4 is 10.9 Å². The Balaban J connectivity index is 2.14. The smallest absolute Gasteiger partial charge is 0.234 e. The fourth-order valence-corrected chi connectivity index (χ4v) is 2.05. The first-order valence-corrected chi connectivity index (χ1v) is 5.36. The molecule has 1 aliphatic heterocycles. The zero-order chi connectivity index (χ0) is 10.4. The average molecular weight is 199 g/mol. The normalized spacial score (nSPS) is 23.4. The summed E-state index contributed by atoms with van der Waals surface area (Å²) in [5.74, 6) is 0.803. The number of hydrogen-bond acceptors (Lipinski definition) is 3. The molecule has 2 N–H and O–H groups in total. The number of carbonyl (C=O) groups is 1. The molecule has 1 heterocycles. The second-order valence-corrected chi connectivity index (χ2v) is 4.11. The number of piperidine rings is 1. The van der Waals surface area contributed by atoms with Crippen molar-refractivity contribution >= 4 is 5.91 Å². The molecule has 0 aromatic heterocycles. The molecule has 1 fully saturated rings. The van der Waals surface area contributed by atoms with Crippen LogP contribution in [0.5, 0.6) is 0 Å². The van der Waals surface area contributed by atoms with Gasteiger partial charge in [-0.3, -0.25) is 10.2 Å². The second kappa shape index (κ2) is 5.98. The molecule has 0 saturated carbocycles. The minimum Gasteiger partial charge on any atom is -0.306 e. The highest BCUT2D eigenvalue weighted by molar-refractivity contribution is 5.75. The summed E-state index contributed by atoms with van der Waals surface area (Å²) in [5.41, 5.74) is 5.25. The van der Waals surface area contributed by atoms with Crippen molar-refractivity contribution in [1.29, 1.82) is 0 Å². The van der Waals surface area contributed by atoms with Gasteiger partial charge in [0, 0.05) is 20.0 Å². The van der Waals surface area contributed by atoms with Gasteiger partial charge >= 0.3 is 0 Å². The number of hydrogen-bond donors (Lipinski definition) is 2. The van der Waals surface area contributed by atoms with Crippen LogP contribution in [-0.4, -0.2) is 38.0 Å². The quantitative estimate of drug-likeness (QED) is 0.643. The van der Waals surface area contributed by atoms with Crippen molar-refractivity contribution in [2.45, 2.75) is 25.7 Å². The van der Waals surface area contributed by atoms with Crippen molar-refractivity contribution in [2.75, 3.05) is 27.2 Å². The van der Waals surface area contributed by atoms with Crippen molar-refractivity contribution in [2.24, 2.45) is 5.92 Å². The number of carbonyl (C=O) groups excluding carboxylic acids is 1. The first-order valence-electron chi connectivity index (χ1n) is 5.36. The zero-order valence-electron chi connectivity index (χ0n) is 9.18. The molecule has 0 bridgehead atoms. The summed E-state index contributed by atoms with van der Waals surface area (Å²) in [6.07, 6.45) is 4.20. The number of rotatable bonds is 4. The Morgan fingerprint density at radius 1 is 1.57 bits per heavy atom. The lowest BCUT2D eigenvalue weighted by Gasteiger charge is -2.29. The van der Waals surface area contributed by atoms with E-state index >= 15 is 0 Å². The average Bonchev–Trinajstić information content (AvgIpc) is 2.15. The summed E-state index contributed by atoms with van der Waals surface area (Å²) in [7, 11) is 3.87. The Morgan fingerprint density at radius 3 is 3.00 bits per heavy atom. The standard InChI is InChI=1S/C10H21N3O/c1-11-12-10(14)6-5-9-4-3-7-13(2)8-9/h9,11H,3-8H2,1-2H3,(H,12,14). The van der Waals surface area contributed by atoms with E-state index in [0.717, 1.165) is 13.0 Å². The molecular formula is C10H21N3O. The van der Waals surface area contributed by atoms with Crippen molar-refractivity contribution in [3.8, 4) is 0 Å². The van der Waals surface area contributed by atoms with Gasteiger partial charge in [0.2, 0.25) is 5.91 Å². The van der Waals surface area contributed by atoms with Gasteiger partial charge in [0.25, 0.3) is 0 Å². The van der Waals surface area contributed by atoms with E-state index in [1.165, 1.54) is 19.4 Å². The molecule has 0 radical (unpaired) electrons. The lowest BCUT2D eigenvalue weighted by Crippen LogP contribution is -2.36. The van der Waals surface area contributed by atoms with Gasteiger partial charge in [-0.1, -0.05) is 0 Å². The largest absolute Gasteiger partial charge is 0.306 e. The van der Waals surface area contributed by atoms with Crippen LogP contribution in [0.1, 0.15) is 25.7 Å². The molecular weight excluding hydrogens is 178 g/mol. The Bertz CT molecular complexity index is 184.